The van der Waals surface area contributed by atoms with E-state index in [2.05, 4.69) is 37.2 Å². The maximum Gasteiger partial charge on any atom is 0.412 e. The fourth-order valence-corrected chi connectivity index (χ4v) is 4.23. The number of hydrogen-bond acceptors (Lipinski definition) is 6. The van der Waals surface area contributed by atoms with Crippen molar-refractivity contribution in [3.05, 3.63) is 99.5 Å². The molecular formula is C24H20Br2N2O6. The molecule has 10 heteroatoms. The number of rotatable bonds is 8. The molecule has 3 aromatic carbocycles. The molecule has 8 nitrogen and oxygen atoms in total. The van der Waals surface area contributed by atoms with Crippen molar-refractivity contribution in [1.29, 1.82) is 0 Å². The number of carbonyl (C=O) groups is 2. The highest BCUT2D eigenvalue weighted by Crippen LogP contribution is 2.39. The Hall–Kier alpha value is -3.34. The largest absolute Gasteiger partial charge is 0.506 e. The number of hydrogen-bond donors (Lipinski definition) is 4. The minimum absolute atomic E-state index is 0.178. The van der Waals surface area contributed by atoms with Gasteiger partial charge >= 0.3 is 6.09 Å². The zero-order valence-electron chi connectivity index (χ0n) is 17.5. The standard InChI is InChI=1S/C24H20Br2N2O6/c25-15-13-18(22(30)19(26)14-15)23(34-24(31)27-16-7-3-1-4-8-16)20(11-12-21(29)28-32)33-17-9-5-2-6-10-17/h1-14,20,23,30,32H,(H,27,31)(H,28,29)/b12-11+/t20-,23-/m1/s1. The number of benzene rings is 3. The van der Waals surface area contributed by atoms with E-state index < -0.39 is 24.2 Å². The Bertz CT molecular complexity index is 1160. The van der Waals surface area contributed by atoms with E-state index in [1.165, 1.54) is 11.6 Å². The average molecular weight is 592 g/mol. The first-order valence-electron chi connectivity index (χ1n) is 9.92. The smallest absolute Gasteiger partial charge is 0.412 e. The minimum Gasteiger partial charge on any atom is -0.506 e. The first-order chi connectivity index (χ1) is 16.4. The Balaban J connectivity index is 2.02. The zero-order valence-corrected chi connectivity index (χ0v) is 20.7. The molecule has 0 unspecified atom stereocenters. The van der Waals surface area contributed by atoms with Crippen LogP contribution in [0.25, 0.3) is 0 Å². The number of para-hydroxylation sites is 2. The van der Waals surface area contributed by atoms with Crippen LogP contribution in [0.3, 0.4) is 0 Å². The molecule has 0 fully saturated rings. The lowest BCUT2D eigenvalue weighted by Gasteiger charge is -2.27. The van der Waals surface area contributed by atoms with Gasteiger partial charge in [0.05, 0.1) is 4.47 Å². The van der Waals surface area contributed by atoms with Crippen molar-refractivity contribution in [2.24, 2.45) is 0 Å². The minimum atomic E-state index is -1.21. The monoisotopic (exact) mass is 590 g/mol. The molecule has 0 spiro atoms. The lowest BCUT2D eigenvalue weighted by atomic mass is 10.0. The third-order valence-corrected chi connectivity index (χ3v) is 5.54. The number of carbonyl (C=O) groups excluding carboxylic acids is 2. The quantitative estimate of drug-likeness (QED) is 0.151. The van der Waals surface area contributed by atoms with E-state index in [1.54, 1.807) is 72.8 Å². The van der Waals surface area contributed by atoms with E-state index in [0.717, 1.165) is 6.08 Å². The third-order valence-electron chi connectivity index (χ3n) is 4.48. The molecule has 3 rings (SSSR count). The van der Waals surface area contributed by atoms with Crippen LogP contribution in [-0.4, -0.2) is 28.4 Å². The summed E-state index contributed by atoms with van der Waals surface area (Å²) in [5.74, 6) is -0.566. The van der Waals surface area contributed by atoms with Crippen LogP contribution in [0.4, 0.5) is 10.5 Å². The van der Waals surface area contributed by atoms with Gasteiger partial charge in [0.15, 0.2) is 12.2 Å². The molecule has 34 heavy (non-hydrogen) atoms. The number of anilines is 1. The molecule has 0 aliphatic carbocycles. The molecule has 0 saturated carbocycles. The maximum absolute atomic E-state index is 12.8. The summed E-state index contributed by atoms with van der Waals surface area (Å²) in [6.07, 6.45) is -0.752. The number of hydroxylamine groups is 1. The molecule has 0 aliphatic heterocycles. The van der Waals surface area contributed by atoms with Gasteiger partial charge in [-0.05, 0) is 58.4 Å². The number of ether oxygens (including phenoxy) is 2. The van der Waals surface area contributed by atoms with Crippen molar-refractivity contribution in [2.75, 3.05) is 5.32 Å². The van der Waals surface area contributed by atoms with Crippen molar-refractivity contribution in [3.63, 3.8) is 0 Å². The lowest BCUT2D eigenvalue weighted by molar-refractivity contribution is -0.124. The third kappa shape index (κ3) is 7.08. The molecule has 0 heterocycles. The highest BCUT2D eigenvalue weighted by molar-refractivity contribution is 9.11. The first-order valence-corrected chi connectivity index (χ1v) is 11.5. The van der Waals surface area contributed by atoms with Crippen molar-refractivity contribution in [1.82, 2.24) is 5.48 Å². The Morgan fingerprint density at radius 2 is 1.62 bits per heavy atom. The van der Waals surface area contributed by atoms with Gasteiger partial charge in [-0.2, -0.15) is 0 Å². The van der Waals surface area contributed by atoms with Gasteiger partial charge in [-0.1, -0.05) is 52.3 Å². The molecule has 3 aromatic rings. The van der Waals surface area contributed by atoms with E-state index in [0.29, 0.717) is 20.4 Å². The Morgan fingerprint density at radius 3 is 2.26 bits per heavy atom. The molecule has 0 aliphatic rings. The number of amides is 2. The average Bonchev–Trinajstić information content (AvgIpc) is 2.83. The Morgan fingerprint density at radius 1 is 0.971 bits per heavy atom. The van der Waals surface area contributed by atoms with Gasteiger partial charge in [0, 0.05) is 21.8 Å². The molecule has 0 saturated heterocycles. The number of nitrogens with one attached hydrogen (secondary N) is 2. The van der Waals surface area contributed by atoms with Gasteiger partial charge in [0.1, 0.15) is 11.5 Å². The molecular weight excluding hydrogens is 572 g/mol. The van der Waals surface area contributed by atoms with Crippen LogP contribution in [0.5, 0.6) is 11.5 Å². The number of phenols is 1. The van der Waals surface area contributed by atoms with Crippen LogP contribution in [-0.2, 0) is 9.53 Å². The normalized spacial score (nSPS) is 12.6. The summed E-state index contributed by atoms with van der Waals surface area (Å²) in [6.45, 7) is 0. The molecule has 176 valence electrons. The highest BCUT2D eigenvalue weighted by Gasteiger charge is 2.31. The summed E-state index contributed by atoms with van der Waals surface area (Å²) in [4.78, 5) is 24.5. The van der Waals surface area contributed by atoms with E-state index in [4.69, 9.17) is 14.7 Å². The van der Waals surface area contributed by atoms with Gasteiger partial charge in [-0.3, -0.25) is 15.3 Å². The van der Waals surface area contributed by atoms with Crippen LogP contribution < -0.4 is 15.5 Å². The van der Waals surface area contributed by atoms with E-state index in [-0.39, 0.29) is 11.3 Å². The number of halogens is 2. The van der Waals surface area contributed by atoms with Gasteiger partial charge in [-0.25, -0.2) is 10.3 Å². The number of phenolic OH excluding ortho intramolecular Hbond substituents is 1. The van der Waals surface area contributed by atoms with E-state index in [1.807, 2.05) is 0 Å². The highest BCUT2D eigenvalue weighted by atomic mass is 79.9. The van der Waals surface area contributed by atoms with E-state index in [9.17, 15) is 14.7 Å². The van der Waals surface area contributed by atoms with Crippen LogP contribution >= 0.6 is 31.9 Å². The van der Waals surface area contributed by atoms with Crippen molar-refractivity contribution in [2.45, 2.75) is 12.2 Å². The van der Waals surface area contributed by atoms with Gasteiger partial charge < -0.3 is 14.6 Å². The molecule has 0 bridgehead atoms. The topological polar surface area (TPSA) is 117 Å². The number of aromatic hydroxyl groups is 1. The lowest BCUT2D eigenvalue weighted by Crippen LogP contribution is -2.30. The van der Waals surface area contributed by atoms with Gasteiger partial charge in [-0.15, -0.1) is 0 Å². The predicted molar refractivity (Wildman–Crippen MR) is 133 cm³/mol. The molecule has 0 radical (unpaired) electrons. The molecule has 0 aromatic heterocycles. The molecule has 2 atom stereocenters. The van der Waals surface area contributed by atoms with Crippen molar-refractivity contribution < 1.29 is 29.4 Å². The Labute approximate surface area is 212 Å². The van der Waals surface area contributed by atoms with Crippen molar-refractivity contribution in [3.8, 4) is 11.5 Å². The summed E-state index contributed by atoms with van der Waals surface area (Å²) in [5, 5.41) is 22.3. The van der Waals surface area contributed by atoms with Crippen LogP contribution in [0.1, 0.15) is 11.7 Å². The summed E-state index contributed by atoms with van der Waals surface area (Å²) >= 11 is 6.65. The van der Waals surface area contributed by atoms with Gasteiger partial charge in [0.2, 0.25) is 0 Å². The second-order valence-electron chi connectivity index (χ2n) is 6.87. The van der Waals surface area contributed by atoms with Crippen LogP contribution in [0, 0.1) is 0 Å². The van der Waals surface area contributed by atoms with Gasteiger partial charge in [0.25, 0.3) is 5.91 Å². The SMILES string of the molecule is O=C(/C=C/[C@@H](Oc1ccccc1)[C@H](OC(=O)Nc1ccccc1)c1cc(Br)cc(Br)c1O)NO. The summed E-state index contributed by atoms with van der Waals surface area (Å²) in [7, 11) is 0. The second-order valence-corrected chi connectivity index (χ2v) is 8.64. The van der Waals surface area contributed by atoms with Crippen molar-refractivity contribution >= 4 is 49.5 Å². The first kappa shape index (κ1) is 25.3. The predicted octanol–water partition coefficient (Wildman–Crippen LogP) is 5.72. The zero-order chi connectivity index (χ0) is 24.5. The fourth-order valence-electron chi connectivity index (χ4n) is 2.97. The van der Waals surface area contributed by atoms with E-state index >= 15 is 0 Å². The Kier molecular flexibility index (Phi) is 9.08. The molecule has 4 N–H and O–H groups in total. The molecule has 2 amide bonds. The summed E-state index contributed by atoms with van der Waals surface area (Å²) < 4.78 is 12.7. The van der Waals surface area contributed by atoms with Crippen LogP contribution in [0.15, 0.2) is 93.9 Å². The maximum atomic E-state index is 12.8. The fraction of sp³-hybridized carbons (Fsp3) is 0.0833. The second kappa shape index (κ2) is 12.2. The summed E-state index contributed by atoms with van der Waals surface area (Å²) in [5.41, 5.74) is 2.21. The summed E-state index contributed by atoms with van der Waals surface area (Å²) in [6, 6.07) is 20.6. The van der Waals surface area contributed by atoms with Crippen LogP contribution in [0.2, 0.25) is 0 Å².